The molecular weight excluding hydrogens is 565 g/mol. The third kappa shape index (κ3) is 7.03. The average Bonchev–Trinajstić information content (AvgIpc) is 3.47. The largest absolute Gasteiger partial charge is 0.366 e. The van der Waals surface area contributed by atoms with Gasteiger partial charge in [0.05, 0.1) is 5.52 Å². The molecule has 0 amide bonds. The highest BCUT2D eigenvalue weighted by Crippen LogP contribution is 2.40. The number of hydrogen-bond donors (Lipinski definition) is 4. The third-order valence-electron chi connectivity index (χ3n) is 6.18. The van der Waals surface area contributed by atoms with Crippen LogP contribution in [-0.2, 0) is 13.1 Å². The molecule has 1 aliphatic heterocycles. The van der Waals surface area contributed by atoms with Gasteiger partial charge in [0.2, 0.25) is 0 Å². The molecule has 4 N–H and O–H groups in total. The molecule has 8 heteroatoms. The number of aromatic nitrogens is 3. The van der Waals surface area contributed by atoms with Gasteiger partial charge in [-0.05, 0) is 37.8 Å². The van der Waals surface area contributed by atoms with E-state index in [2.05, 4.69) is 109 Å². The lowest BCUT2D eigenvalue weighted by Gasteiger charge is -2.29. The summed E-state index contributed by atoms with van der Waals surface area (Å²) in [6.07, 6.45) is 6.20. The number of nitrogens with zero attached hydrogens (tertiary/aromatic N) is 3. The number of aliphatic hydroxyl groups is 2. The lowest BCUT2D eigenvalue weighted by Crippen LogP contribution is -2.32. The van der Waals surface area contributed by atoms with E-state index in [4.69, 9.17) is 10.2 Å². The Balaban J connectivity index is 0.000000556. The standard InChI is InChI=1S/C25H26IN5.C3H8O2/c26-13-20-11-12-22(31(20)16-19-9-5-2-6-10-19)21-15-27-24-23(21)29-17-30-25(24)28-14-18-7-3-1-4-8-18;1-3(2,4)5/h1-10,15,17,20,22,27H,11-14,16H2,(H,28,29,30);4-5H,1-2H3. The number of rotatable bonds is 7. The van der Waals surface area contributed by atoms with Gasteiger partial charge in [0, 0.05) is 41.4 Å². The summed E-state index contributed by atoms with van der Waals surface area (Å²) in [5.41, 5.74) is 5.90. The molecule has 2 aromatic heterocycles. The minimum Gasteiger partial charge on any atom is -0.366 e. The first-order valence-corrected chi connectivity index (χ1v) is 13.8. The molecule has 1 saturated heterocycles. The van der Waals surface area contributed by atoms with Gasteiger partial charge in [0.25, 0.3) is 0 Å². The summed E-state index contributed by atoms with van der Waals surface area (Å²) in [6.45, 7) is 4.30. The molecule has 190 valence electrons. The Labute approximate surface area is 226 Å². The SMILES string of the molecule is CC(C)(O)O.ICC1CCC(c2c[nH]c3c(NCc4ccccc4)ncnc23)N1Cc1ccccc1. The number of nitrogens with one attached hydrogen (secondary N) is 2. The van der Waals surface area contributed by atoms with Crippen LogP contribution < -0.4 is 5.32 Å². The molecule has 7 nitrogen and oxygen atoms in total. The molecule has 0 saturated carbocycles. The average molecular weight is 600 g/mol. The van der Waals surface area contributed by atoms with E-state index in [0.29, 0.717) is 12.1 Å². The smallest absolute Gasteiger partial charge is 0.156 e. The first-order valence-electron chi connectivity index (χ1n) is 12.2. The van der Waals surface area contributed by atoms with E-state index in [1.165, 1.54) is 37.0 Å². The van der Waals surface area contributed by atoms with Crippen LogP contribution in [0.2, 0.25) is 0 Å². The number of anilines is 1. The van der Waals surface area contributed by atoms with Gasteiger partial charge in [-0.2, -0.15) is 0 Å². The highest BCUT2D eigenvalue weighted by atomic mass is 127. The number of benzene rings is 2. The second-order valence-electron chi connectivity index (χ2n) is 9.58. The molecule has 0 radical (unpaired) electrons. The topological polar surface area (TPSA) is 97.3 Å². The van der Waals surface area contributed by atoms with Crippen molar-refractivity contribution in [3.8, 4) is 0 Å². The summed E-state index contributed by atoms with van der Waals surface area (Å²) in [7, 11) is 0. The van der Waals surface area contributed by atoms with Crippen molar-refractivity contribution in [1.29, 1.82) is 0 Å². The van der Waals surface area contributed by atoms with Crippen molar-refractivity contribution in [2.75, 3.05) is 9.74 Å². The van der Waals surface area contributed by atoms with E-state index in [1.54, 1.807) is 6.33 Å². The van der Waals surface area contributed by atoms with Crippen LogP contribution in [-0.4, -0.2) is 46.3 Å². The van der Waals surface area contributed by atoms with E-state index >= 15 is 0 Å². The molecule has 3 heterocycles. The lowest BCUT2D eigenvalue weighted by atomic mass is 10.1. The summed E-state index contributed by atoms with van der Waals surface area (Å²) in [5.74, 6) is -0.641. The van der Waals surface area contributed by atoms with Crippen LogP contribution in [0.4, 0.5) is 5.82 Å². The lowest BCUT2D eigenvalue weighted by molar-refractivity contribution is -0.127. The minimum absolute atomic E-state index is 0.366. The molecule has 2 aromatic carbocycles. The number of H-pyrrole nitrogens is 1. The van der Waals surface area contributed by atoms with Crippen molar-refractivity contribution in [3.63, 3.8) is 0 Å². The van der Waals surface area contributed by atoms with Crippen LogP contribution in [0.15, 0.2) is 73.2 Å². The molecule has 2 unspecified atom stereocenters. The Morgan fingerprint density at radius 2 is 1.64 bits per heavy atom. The maximum absolute atomic E-state index is 8.08. The van der Waals surface area contributed by atoms with Crippen LogP contribution in [0.25, 0.3) is 11.0 Å². The van der Waals surface area contributed by atoms with E-state index < -0.39 is 5.79 Å². The van der Waals surface area contributed by atoms with Crippen LogP contribution in [0.5, 0.6) is 0 Å². The quantitative estimate of drug-likeness (QED) is 0.129. The highest BCUT2D eigenvalue weighted by molar-refractivity contribution is 14.1. The molecule has 0 aliphatic carbocycles. The van der Waals surface area contributed by atoms with Crippen molar-refractivity contribution in [2.24, 2.45) is 0 Å². The van der Waals surface area contributed by atoms with Gasteiger partial charge in [-0.1, -0.05) is 83.3 Å². The molecular formula is C28H34IN5O2. The van der Waals surface area contributed by atoms with Crippen molar-refractivity contribution in [3.05, 3.63) is 89.9 Å². The van der Waals surface area contributed by atoms with Crippen molar-refractivity contribution in [2.45, 2.75) is 57.6 Å². The summed E-state index contributed by atoms with van der Waals surface area (Å²) in [4.78, 5) is 15.3. The van der Waals surface area contributed by atoms with Crippen LogP contribution >= 0.6 is 22.6 Å². The Morgan fingerprint density at radius 3 is 2.28 bits per heavy atom. The van der Waals surface area contributed by atoms with E-state index in [-0.39, 0.29) is 0 Å². The predicted molar refractivity (Wildman–Crippen MR) is 153 cm³/mol. The van der Waals surface area contributed by atoms with Gasteiger partial charge < -0.3 is 20.5 Å². The molecule has 0 spiro atoms. The molecule has 1 fully saturated rings. The second kappa shape index (κ2) is 12.1. The van der Waals surface area contributed by atoms with E-state index in [9.17, 15) is 0 Å². The zero-order valence-electron chi connectivity index (χ0n) is 20.7. The highest BCUT2D eigenvalue weighted by Gasteiger charge is 2.35. The minimum atomic E-state index is -1.50. The third-order valence-corrected chi connectivity index (χ3v) is 7.20. The number of halogens is 1. The van der Waals surface area contributed by atoms with Gasteiger partial charge in [-0.15, -0.1) is 0 Å². The van der Waals surface area contributed by atoms with Gasteiger partial charge in [-0.3, -0.25) is 4.90 Å². The van der Waals surface area contributed by atoms with Gasteiger partial charge >= 0.3 is 0 Å². The maximum Gasteiger partial charge on any atom is 0.156 e. The number of hydrogen-bond acceptors (Lipinski definition) is 6. The van der Waals surface area contributed by atoms with Gasteiger partial charge in [0.15, 0.2) is 11.6 Å². The number of alkyl halides is 1. The second-order valence-corrected chi connectivity index (χ2v) is 10.5. The van der Waals surface area contributed by atoms with E-state index in [0.717, 1.165) is 40.8 Å². The summed E-state index contributed by atoms with van der Waals surface area (Å²) < 4.78 is 1.14. The molecule has 36 heavy (non-hydrogen) atoms. The van der Waals surface area contributed by atoms with Crippen molar-refractivity contribution in [1.82, 2.24) is 19.9 Å². The molecule has 0 bridgehead atoms. The number of aromatic amines is 1. The Hall–Kier alpha value is -2.53. The fraction of sp³-hybridized carbons (Fsp3) is 0.357. The molecule has 1 aliphatic rings. The fourth-order valence-corrected chi connectivity index (χ4v) is 5.55. The summed E-state index contributed by atoms with van der Waals surface area (Å²) >= 11 is 2.53. The van der Waals surface area contributed by atoms with Crippen LogP contribution in [0.3, 0.4) is 0 Å². The van der Waals surface area contributed by atoms with Crippen molar-refractivity contribution < 1.29 is 10.2 Å². The Kier molecular flexibility index (Phi) is 8.95. The number of likely N-dealkylation sites (tertiary alicyclic amines) is 1. The molecule has 5 rings (SSSR count). The first kappa shape index (κ1) is 26.5. The monoisotopic (exact) mass is 599 g/mol. The Morgan fingerprint density at radius 1 is 1.00 bits per heavy atom. The fourth-order valence-electron chi connectivity index (χ4n) is 4.60. The maximum atomic E-state index is 8.08. The van der Waals surface area contributed by atoms with Crippen LogP contribution in [0.1, 0.15) is 49.4 Å². The Bertz CT molecular complexity index is 1220. The van der Waals surface area contributed by atoms with E-state index in [1.807, 2.05) is 6.07 Å². The first-order chi connectivity index (χ1) is 17.3. The zero-order valence-corrected chi connectivity index (χ0v) is 22.9. The van der Waals surface area contributed by atoms with Gasteiger partial charge in [-0.25, -0.2) is 9.97 Å². The summed E-state index contributed by atoms with van der Waals surface area (Å²) in [5, 5.41) is 19.6. The predicted octanol–water partition coefficient (Wildman–Crippen LogP) is 5.42. The van der Waals surface area contributed by atoms with Gasteiger partial charge in [0.1, 0.15) is 11.8 Å². The molecule has 2 atom stereocenters. The zero-order chi connectivity index (χ0) is 25.5. The van der Waals surface area contributed by atoms with Crippen LogP contribution in [0, 0.1) is 0 Å². The summed E-state index contributed by atoms with van der Waals surface area (Å²) in [6, 6.07) is 22.1. The number of fused-ring (bicyclic) bond motifs is 1. The normalized spacial score (nSPS) is 18.1. The molecule has 4 aromatic rings. The van der Waals surface area contributed by atoms with Crippen molar-refractivity contribution >= 4 is 39.4 Å².